The molecule has 0 amide bonds. The highest BCUT2D eigenvalue weighted by Gasteiger charge is 2.23. The van der Waals surface area contributed by atoms with Crippen LogP contribution >= 0.6 is 0 Å². The molecule has 0 aliphatic heterocycles. The van der Waals surface area contributed by atoms with E-state index >= 15 is 0 Å². The Morgan fingerprint density at radius 3 is 2.47 bits per heavy atom. The summed E-state index contributed by atoms with van der Waals surface area (Å²) >= 11 is 0. The van der Waals surface area contributed by atoms with Gasteiger partial charge in [-0.2, -0.15) is 0 Å². The predicted molar refractivity (Wildman–Crippen MR) is 68.0 cm³/mol. The lowest BCUT2D eigenvalue weighted by Crippen LogP contribution is -2.25. The van der Waals surface area contributed by atoms with Gasteiger partial charge in [0.25, 0.3) is 0 Å². The smallest absolute Gasteiger partial charge is 0.165 e. The lowest BCUT2D eigenvalue weighted by atomic mass is 9.83. The van der Waals surface area contributed by atoms with Gasteiger partial charge in [0.05, 0.1) is 6.10 Å². The molecule has 0 radical (unpaired) electrons. The topological polar surface area (TPSA) is 37.3 Å². The number of hydrogen-bond acceptors (Lipinski definition) is 2. The normalized spacial score (nSPS) is 18.9. The second kappa shape index (κ2) is 5.97. The molecule has 0 aromatic heterocycles. The van der Waals surface area contributed by atoms with Gasteiger partial charge >= 0.3 is 0 Å². The summed E-state index contributed by atoms with van der Waals surface area (Å²) in [5.74, 6) is 0.389. The highest BCUT2D eigenvalue weighted by atomic mass is 16.3. The first-order chi connectivity index (χ1) is 8.27. The van der Waals surface area contributed by atoms with E-state index in [0.717, 1.165) is 12.8 Å². The zero-order chi connectivity index (χ0) is 12.1. The molecule has 0 spiro atoms. The largest absolute Gasteiger partial charge is 0.392 e. The van der Waals surface area contributed by atoms with Crippen molar-refractivity contribution in [3.05, 3.63) is 35.9 Å². The van der Waals surface area contributed by atoms with Crippen molar-refractivity contribution in [2.75, 3.05) is 0 Å². The number of rotatable bonds is 4. The summed E-state index contributed by atoms with van der Waals surface area (Å²) in [4.78, 5) is 11.9. The fourth-order valence-electron chi connectivity index (χ4n) is 2.62. The van der Waals surface area contributed by atoms with Crippen LogP contribution in [0.15, 0.2) is 30.3 Å². The second-order valence-corrected chi connectivity index (χ2v) is 4.96. The number of carbonyl (C=O) groups excluding carboxylic acids is 1. The Kier molecular flexibility index (Phi) is 4.32. The summed E-state index contributed by atoms with van der Waals surface area (Å²) in [6.45, 7) is 0. The van der Waals surface area contributed by atoms with Crippen molar-refractivity contribution in [2.24, 2.45) is 5.92 Å². The molecular weight excluding hydrogens is 212 g/mol. The Labute approximate surface area is 103 Å². The van der Waals surface area contributed by atoms with E-state index in [-0.39, 0.29) is 12.2 Å². The molecule has 0 unspecified atom stereocenters. The van der Waals surface area contributed by atoms with Gasteiger partial charge in [-0.15, -0.1) is 0 Å². The van der Waals surface area contributed by atoms with Crippen LogP contribution in [0.1, 0.15) is 48.9 Å². The molecule has 0 saturated heterocycles. The van der Waals surface area contributed by atoms with Crippen molar-refractivity contribution in [3.8, 4) is 0 Å². The van der Waals surface area contributed by atoms with Gasteiger partial charge in [0.2, 0.25) is 0 Å². The van der Waals surface area contributed by atoms with Crippen LogP contribution < -0.4 is 0 Å². The SMILES string of the molecule is O=C(C[C@@H](O)C1CCCCC1)c1ccccc1. The highest BCUT2D eigenvalue weighted by Crippen LogP contribution is 2.28. The van der Waals surface area contributed by atoms with E-state index in [4.69, 9.17) is 0 Å². The molecular formula is C15H20O2. The monoisotopic (exact) mass is 232 g/mol. The van der Waals surface area contributed by atoms with Gasteiger partial charge in [0, 0.05) is 12.0 Å². The molecule has 1 atom stereocenters. The molecule has 1 N–H and O–H groups in total. The summed E-state index contributed by atoms with van der Waals surface area (Å²) in [5, 5.41) is 10.1. The van der Waals surface area contributed by atoms with E-state index in [0.29, 0.717) is 11.5 Å². The molecule has 2 heteroatoms. The molecule has 2 nitrogen and oxygen atoms in total. The molecule has 1 aliphatic carbocycles. The van der Waals surface area contributed by atoms with E-state index < -0.39 is 6.10 Å². The first-order valence-electron chi connectivity index (χ1n) is 6.53. The van der Waals surface area contributed by atoms with Gasteiger partial charge < -0.3 is 5.11 Å². The zero-order valence-corrected chi connectivity index (χ0v) is 10.1. The first-order valence-corrected chi connectivity index (χ1v) is 6.53. The van der Waals surface area contributed by atoms with Crippen LogP contribution in [0.3, 0.4) is 0 Å². The lowest BCUT2D eigenvalue weighted by molar-refractivity contribution is 0.0638. The average Bonchev–Trinajstić information content (AvgIpc) is 2.40. The highest BCUT2D eigenvalue weighted by molar-refractivity contribution is 5.96. The molecule has 2 rings (SSSR count). The Balaban J connectivity index is 1.89. The first kappa shape index (κ1) is 12.3. The molecule has 1 aromatic rings. The number of ketones is 1. The van der Waals surface area contributed by atoms with E-state index in [2.05, 4.69) is 0 Å². The van der Waals surface area contributed by atoms with Crippen LogP contribution in [0, 0.1) is 5.92 Å². The molecule has 0 bridgehead atoms. The van der Waals surface area contributed by atoms with Crippen LogP contribution in [0.4, 0.5) is 0 Å². The van der Waals surface area contributed by atoms with Crippen molar-refractivity contribution >= 4 is 5.78 Å². The summed E-state index contributed by atoms with van der Waals surface area (Å²) in [6, 6.07) is 9.25. The van der Waals surface area contributed by atoms with Crippen molar-refractivity contribution < 1.29 is 9.90 Å². The maximum Gasteiger partial charge on any atom is 0.165 e. The zero-order valence-electron chi connectivity index (χ0n) is 10.1. The molecule has 1 saturated carbocycles. The number of aliphatic hydroxyl groups is 1. The van der Waals surface area contributed by atoms with Crippen LogP contribution in [0.25, 0.3) is 0 Å². The van der Waals surface area contributed by atoms with Crippen molar-refractivity contribution in [1.29, 1.82) is 0 Å². The van der Waals surface area contributed by atoms with Crippen LogP contribution in [-0.2, 0) is 0 Å². The maximum atomic E-state index is 11.9. The summed E-state index contributed by atoms with van der Waals surface area (Å²) in [7, 11) is 0. The molecule has 92 valence electrons. The summed E-state index contributed by atoms with van der Waals surface area (Å²) in [6.07, 6.45) is 5.63. The fraction of sp³-hybridized carbons (Fsp3) is 0.533. The van der Waals surface area contributed by atoms with E-state index in [9.17, 15) is 9.90 Å². The van der Waals surface area contributed by atoms with Gasteiger partial charge in [0.1, 0.15) is 0 Å². The minimum Gasteiger partial charge on any atom is -0.392 e. The molecule has 1 fully saturated rings. The average molecular weight is 232 g/mol. The standard InChI is InChI=1S/C15H20O2/c16-14(12-7-3-1-4-8-12)11-15(17)13-9-5-2-6-10-13/h1,3-4,7-8,13,15,17H,2,5-6,9-11H2/t15-/m1/s1. The fourth-order valence-corrected chi connectivity index (χ4v) is 2.62. The Hall–Kier alpha value is -1.15. The van der Waals surface area contributed by atoms with E-state index in [1.165, 1.54) is 19.3 Å². The minimum absolute atomic E-state index is 0.0590. The predicted octanol–water partition coefficient (Wildman–Crippen LogP) is 3.20. The Morgan fingerprint density at radius 2 is 1.82 bits per heavy atom. The van der Waals surface area contributed by atoms with E-state index in [1.54, 1.807) is 0 Å². The van der Waals surface area contributed by atoms with Gasteiger partial charge in [-0.1, -0.05) is 49.6 Å². The molecule has 0 heterocycles. The van der Waals surface area contributed by atoms with Gasteiger partial charge in [0.15, 0.2) is 5.78 Å². The number of Topliss-reactive ketones (excluding diaryl/α,β-unsaturated/α-hetero) is 1. The van der Waals surface area contributed by atoms with Crippen LogP contribution in [0.2, 0.25) is 0 Å². The Morgan fingerprint density at radius 1 is 1.18 bits per heavy atom. The number of benzene rings is 1. The van der Waals surface area contributed by atoms with Crippen LogP contribution in [0.5, 0.6) is 0 Å². The quantitative estimate of drug-likeness (QED) is 0.809. The summed E-state index contributed by atoms with van der Waals surface area (Å²) < 4.78 is 0. The minimum atomic E-state index is -0.456. The molecule has 17 heavy (non-hydrogen) atoms. The maximum absolute atomic E-state index is 11.9. The lowest BCUT2D eigenvalue weighted by Gasteiger charge is -2.26. The number of hydrogen-bond donors (Lipinski definition) is 1. The van der Waals surface area contributed by atoms with Crippen molar-refractivity contribution in [1.82, 2.24) is 0 Å². The second-order valence-electron chi connectivity index (χ2n) is 4.96. The number of aliphatic hydroxyl groups excluding tert-OH is 1. The third-order valence-electron chi connectivity index (χ3n) is 3.68. The third-order valence-corrected chi connectivity index (χ3v) is 3.68. The van der Waals surface area contributed by atoms with Crippen molar-refractivity contribution in [2.45, 2.75) is 44.6 Å². The van der Waals surface area contributed by atoms with Crippen LogP contribution in [-0.4, -0.2) is 17.0 Å². The molecule has 1 aromatic carbocycles. The van der Waals surface area contributed by atoms with Gasteiger partial charge in [-0.25, -0.2) is 0 Å². The summed E-state index contributed by atoms with van der Waals surface area (Å²) in [5.41, 5.74) is 0.711. The van der Waals surface area contributed by atoms with Gasteiger partial charge in [-0.3, -0.25) is 4.79 Å². The van der Waals surface area contributed by atoms with Crippen molar-refractivity contribution in [3.63, 3.8) is 0 Å². The molecule has 1 aliphatic rings. The number of carbonyl (C=O) groups is 1. The van der Waals surface area contributed by atoms with E-state index in [1.807, 2.05) is 30.3 Å². The van der Waals surface area contributed by atoms with Gasteiger partial charge in [-0.05, 0) is 18.8 Å². The third kappa shape index (κ3) is 3.40. The Bertz CT molecular complexity index is 352.